The molecule has 3 aromatic rings. The third kappa shape index (κ3) is 4.72. The number of aryl methyl sites for hydroxylation is 3. The van der Waals surface area contributed by atoms with Gasteiger partial charge in [0.15, 0.2) is 0 Å². The molecule has 154 valence electrons. The molecule has 0 radical (unpaired) electrons. The number of hydrogen-bond donors (Lipinski definition) is 1. The van der Waals surface area contributed by atoms with E-state index in [2.05, 4.69) is 9.71 Å². The minimum Gasteiger partial charge on any atom is -0.279 e. The molecule has 0 atom stereocenters. The van der Waals surface area contributed by atoms with Crippen LogP contribution in [0.5, 0.6) is 0 Å². The lowest BCUT2D eigenvalue weighted by Gasteiger charge is -2.14. The molecule has 0 fully saturated rings. The van der Waals surface area contributed by atoms with Crippen LogP contribution in [0.3, 0.4) is 0 Å². The molecule has 0 bridgehead atoms. The van der Waals surface area contributed by atoms with Gasteiger partial charge in [0, 0.05) is 12.3 Å². The summed E-state index contributed by atoms with van der Waals surface area (Å²) < 4.78 is 28.2. The molecule has 3 aromatic carbocycles. The van der Waals surface area contributed by atoms with Crippen molar-refractivity contribution in [3.8, 4) is 0 Å². The number of nitro groups is 1. The molecular formula is C22H21N3O4S. The maximum Gasteiger partial charge on any atom is 0.278 e. The van der Waals surface area contributed by atoms with Crippen LogP contribution in [0, 0.1) is 30.9 Å². The van der Waals surface area contributed by atoms with Crippen LogP contribution in [0.2, 0.25) is 0 Å². The highest BCUT2D eigenvalue weighted by Crippen LogP contribution is 2.26. The van der Waals surface area contributed by atoms with Crippen LogP contribution in [0.1, 0.15) is 22.3 Å². The van der Waals surface area contributed by atoms with Gasteiger partial charge in [-0.25, -0.2) is 8.42 Å². The zero-order chi connectivity index (χ0) is 21.9. The molecule has 0 heterocycles. The van der Waals surface area contributed by atoms with Gasteiger partial charge < -0.3 is 0 Å². The molecule has 0 unspecified atom stereocenters. The fourth-order valence-electron chi connectivity index (χ4n) is 3.15. The number of para-hydroxylation sites is 1. The summed E-state index contributed by atoms with van der Waals surface area (Å²) in [5.41, 5.74) is 4.13. The molecule has 30 heavy (non-hydrogen) atoms. The van der Waals surface area contributed by atoms with Gasteiger partial charge in [0.25, 0.3) is 15.7 Å². The molecule has 8 heteroatoms. The van der Waals surface area contributed by atoms with Gasteiger partial charge in [0.1, 0.15) is 0 Å². The highest BCUT2D eigenvalue weighted by Gasteiger charge is 2.17. The van der Waals surface area contributed by atoms with Gasteiger partial charge in [0.05, 0.1) is 26.8 Å². The highest BCUT2D eigenvalue weighted by atomic mass is 32.2. The van der Waals surface area contributed by atoms with E-state index in [4.69, 9.17) is 0 Å². The van der Waals surface area contributed by atoms with E-state index in [1.165, 1.54) is 24.4 Å². The summed E-state index contributed by atoms with van der Waals surface area (Å²) in [6.45, 7) is 5.68. The number of nitrogens with one attached hydrogen (secondary N) is 1. The van der Waals surface area contributed by atoms with Gasteiger partial charge in [-0.05, 0) is 62.2 Å². The van der Waals surface area contributed by atoms with Crippen molar-refractivity contribution in [2.45, 2.75) is 25.7 Å². The normalized spacial score (nSPS) is 11.6. The van der Waals surface area contributed by atoms with Crippen LogP contribution in [-0.4, -0.2) is 19.6 Å². The van der Waals surface area contributed by atoms with Gasteiger partial charge in [-0.1, -0.05) is 29.8 Å². The van der Waals surface area contributed by atoms with Gasteiger partial charge >= 0.3 is 0 Å². The SMILES string of the molecule is Cc1cc(C)c(NS(=O)(=O)c2ccc(N=Cc3ccccc3[N+](=O)[O-])cc2)c(C)c1. The lowest BCUT2D eigenvalue weighted by molar-refractivity contribution is -0.385. The third-order valence-corrected chi connectivity index (χ3v) is 5.91. The Morgan fingerprint density at radius 2 is 1.57 bits per heavy atom. The second-order valence-corrected chi connectivity index (χ2v) is 8.63. The molecule has 7 nitrogen and oxygen atoms in total. The first kappa shape index (κ1) is 21.2. The molecule has 0 saturated heterocycles. The molecule has 0 aliphatic rings. The monoisotopic (exact) mass is 423 g/mol. The quantitative estimate of drug-likeness (QED) is 0.340. The lowest BCUT2D eigenvalue weighted by atomic mass is 10.1. The van der Waals surface area contributed by atoms with E-state index in [-0.39, 0.29) is 10.6 Å². The van der Waals surface area contributed by atoms with Gasteiger partial charge in [-0.3, -0.25) is 19.8 Å². The number of nitrogens with zero attached hydrogens (tertiary/aromatic N) is 2. The third-order valence-electron chi connectivity index (χ3n) is 4.55. The van der Waals surface area contributed by atoms with Crippen molar-refractivity contribution in [3.63, 3.8) is 0 Å². The minimum atomic E-state index is -3.76. The summed E-state index contributed by atoms with van der Waals surface area (Å²) in [4.78, 5) is 14.9. The zero-order valence-corrected chi connectivity index (χ0v) is 17.6. The van der Waals surface area contributed by atoms with Gasteiger partial charge in [-0.15, -0.1) is 0 Å². The van der Waals surface area contributed by atoms with Gasteiger partial charge in [-0.2, -0.15) is 0 Å². The second-order valence-electron chi connectivity index (χ2n) is 6.95. The van der Waals surface area contributed by atoms with E-state index in [0.717, 1.165) is 16.7 Å². The van der Waals surface area contributed by atoms with Crippen LogP contribution in [0.15, 0.2) is 70.6 Å². The Morgan fingerprint density at radius 1 is 0.967 bits per heavy atom. The molecule has 1 N–H and O–H groups in total. The second kappa shape index (κ2) is 8.46. The minimum absolute atomic E-state index is 0.0477. The largest absolute Gasteiger partial charge is 0.279 e. The van der Waals surface area contributed by atoms with Crippen LogP contribution in [0.25, 0.3) is 0 Å². The Kier molecular flexibility index (Phi) is 5.98. The van der Waals surface area contributed by atoms with E-state index < -0.39 is 14.9 Å². The van der Waals surface area contributed by atoms with Crippen molar-refractivity contribution >= 4 is 33.3 Å². The number of nitro benzene ring substituents is 1. The molecule has 0 saturated carbocycles. The first-order valence-corrected chi connectivity index (χ1v) is 10.6. The van der Waals surface area contributed by atoms with Crippen LogP contribution in [0.4, 0.5) is 17.1 Å². The number of benzene rings is 3. The van der Waals surface area contributed by atoms with E-state index >= 15 is 0 Å². The maximum atomic E-state index is 12.8. The average molecular weight is 423 g/mol. The fourth-order valence-corrected chi connectivity index (χ4v) is 4.36. The van der Waals surface area contributed by atoms with Crippen molar-refractivity contribution in [2.75, 3.05) is 4.72 Å². The summed E-state index contributed by atoms with van der Waals surface area (Å²) in [5.74, 6) is 0. The van der Waals surface area contributed by atoms with Gasteiger partial charge in [0.2, 0.25) is 0 Å². The summed E-state index contributed by atoms with van der Waals surface area (Å²) in [6.07, 6.45) is 1.39. The summed E-state index contributed by atoms with van der Waals surface area (Å²) in [5, 5.41) is 11.1. The van der Waals surface area contributed by atoms with Crippen LogP contribution >= 0.6 is 0 Å². The molecule has 3 rings (SSSR count). The Labute approximate surface area is 175 Å². The van der Waals surface area contributed by atoms with Crippen molar-refractivity contribution < 1.29 is 13.3 Å². The van der Waals surface area contributed by atoms with E-state index in [0.29, 0.717) is 16.9 Å². The Bertz CT molecular complexity index is 1210. The molecule has 0 aromatic heterocycles. The predicted molar refractivity (Wildman–Crippen MR) is 118 cm³/mol. The first-order valence-electron chi connectivity index (χ1n) is 9.15. The van der Waals surface area contributed by atoms with Crippen LogP contribution in [-0.2, 0) is 10.0 Å². The molecule has 0 aliphatic heterocycles. The first-order chi connectivity index (χ1) is 14.2. The smallest absolute Gasteiger partial charge is 0.278 e. The highest BCUT2D eigenvalue weighted by molar-refractivity contribution is 7.92. The number of anilines is 1. The van der Waals surface area contributed by atoms with Crippen molar-refractivity contribution in [2.24, 2.45) is 4.99 Å². The summed E-state index contributed by atoms with van der Waals surface area (Å²) in [7, 11) is -3.76. The van der Waals surface area contributed by atoms with Crippen molar-refractivity contribution in [1.29, 1.82) is 0 Å². The Morgan fingerprint density at radius 3 is 2.17 bits per heavy atom. The Balaban J connectivity index is 1.83. The predicted octanol–water partition coefficient (Wildman–Crippen LogP) is 5.07. The van der Waals surface area contributed by atoms with Crippen LogP contribution < -0.4 is 4.72 Å². The van der Waals surface area contributed by atoms with E-state index in [1.54, 1.807) is 30.3 Å². The maximum absolute atomic E-state index is 12.8. The molecule has 0 spiro atoms. The van der Waals surface area contributed by atoms with E-state index in [1.807, 2.05) is 32.9 Å². The number of rotatable bonds is 6. The summed E-state index contributed by atoms with van der Waals surface area (Å²) in [6, 6.07) is 16.1. The average Bonchev–Trinajstić information content (AvgIpc) is 2.69. The zero-order valence-electron chi connectivity index (χ0n) is 16.8. The Hall–Kier alpha value is -3.52. The number of sulfonamides is 1. The molecule has 0 amide bonds. The molecule has 0 aliphatic carbocycles. The molecular weight excluding hydrogens is 402 g/mol. The summed E-state index contributed by atoms with van der Waals surface area (Å²) >= 11 is 0. The number of aliphatic imine (C=N–C) groups is 1. The topological polar surface area (TPSA) is 102 Å². The standard InChI is InChI=1S/C22H21N3O4S/c1-15-12-16(2)22(17(3)13-15)24-30(28,29)20-10-8-19(9-11-20)23-14-18-6-4-5-7-21(18)25(26)27/h4-14,24H,1-3H3. The lowest BCUT2D eigenvalue weighted by Crippen LogP contribution is -2.14. The van der Waals surface area contributed by atoms with Crippen molar-refractivity contribution in [3.05, 3.63) is 93.0 Å². The number of hydrogen-bond acceptors (Lipinski definition) is 5. The van der Waals surface area contributed by atoms with Crippen molar-refractivity contribution in [1.82, 2.24) is 0 Å². The fraction of sp³-hybridized carbons (Fsp3) is 0.136. The van der Waals surface area contributed by atoms with E-state index in [9.17, 15) is 18.5 Å².